The number of carbonyl (C=O) groups excluding carboxylic acids is 2. The fourth-order valence-electron chi connectivity index (χ4n) is 3.62. The molecule has 7 nitrogen and oxygen atoms in total. The number of hydrogen-bond donors (Lipinski definition) is 1. The van der Waals surface area contributed by atoms with E-state index >= 15 is 0 Å². The number of halogens is 2. The van der Waals surface area contributed by atoms with Gasteiger partial charge < -0.3 is 10.2 Å². The summed E-state index contributed by atoms with van der Waals surface area (Å²) >= 11 is 12.2. The molecule has 0 aliphatic rings. The summed E-state index contributed by atoms with van der Waals surface area (Å²) in [5.41, 5.74) is 1.95. The predicted molar refractivity (Wildman–Crippen MR) is 152 cm³/mol. The second kappa shape index (κ2) is 12.5. The van der Waals surface area contributed by atoms with E-state index in [1.807, 2.05) is 26.0 Å². The molecule has 2 amide bonds. The van der Waals surface area contributed by atoms with Crippen LogP contribution >= 0.6 is 23.2 Å². The van der Waals surface area contributed by atoms with Crippen LogP contribution in [0.2, 0.25) is 10.0 Å². The molecule has 0 unspecified atom stereocenters. The van der Waals surface area contributed by atoms with Crippen LogP contribution in [-0.4, -0.2) is 50.0 Å². The van der Waals surface area contributed by atoms with Gasteiger partial charge in [-0.1, -0.05) is 69.1 Å². The quantitative estimate of drug-likeness (QED) is 0.415. The number of nitrogens with zero attached hydrogens (tertiary/aromatic N) is 2. The monoisotopic (exact) mass is 569 g/mol. The van der Waals surface area contributed by atoms with Crippen LogP contribution in [0.5, 0.6) is 0 Å². The van der Waals surface area contributed by atoms with Gasteiger partial charge in [-0.2, -0.15) is 0 Å². The van der Waals surface area contributed by atoms with Crippen molar-refractivity contribution < 1.29 is 18.0 Å². The van der Waals surface area contributed by atoms with Crippen LogP contribution in [0, 0.1) is 0 Å². The normalized spacial score (nSPS) is 13.5. The second-order valence-corrected chi connectivity index (χ2v) is 13.1. The van der Waals surface area contributed by atoms with Gasteiger partial charge in [-0.05, 0) is 61.1 Å². The second-order valence-electron chi connectivity index (χ2n) is 10.3. The highest BCUT2D eigenvalue weighted by Gasteiger charge is 2.30. The van der Waals surface area contributed by atoms with Crippen molar-refractivity contribution in [1.82, 2.24) is 10.2 Å². The molecule has 0 aliphatic carbocycles. The third-order valence-corrected chi connectivity index (χ3v) is 8.09. The summed E-state index contributed by atoms with van der Waals surface area (Å²) in [4.78, 5) is 28.0. The van der Waals surface area contributed by atoms with Crippen LogP contribution in [0.15, 0.2) is 42.5 Å². The van der Waals surface area contributed by atoms with Gasteiger partial charge in [-0.15, -0.1) is 0 Å². The van der Waals surface area contributed by atoms with Crippen LogP contribution in [0.25, 0.3) is 0 Å². The number of hydrogen-bond acceptors (Lipinski definition) is 4. The Morgan fingerprint density at radius 2 is 1.59 bits per heavy atom. The first-order valence-electron chi connectivity index (χ1n) is 12.2. The maximum atomic E-state index is 13.6. The molecule has 2 atom stereocenters. The minimum atomic E-state index is -3.80. The summed E-state index contributed by atoms with van der Waals surface area (Å²) in [5, 5.41) is 3.58. The van der Waals surface area contributed by atoms with Crippen molar-refractivity contribution in [1.29, 1.82) is 0 Å². The van der Waals surface area contributed by atoms with Crippen LogP contribution in [-0.2, 0) is 31.6 Å². The van der Waals surface area contributed by atoms with Crippen molar-refractivity contribution in [3.63, 3.8) is 0 Å². The molecule has 2 rings (SSSR count). The molecule has 0 spiro atoms. The summed E-state index contributed by atoms with van der Waals surface area (Å²) in [7, 11) is -3.80. The van der Waals surface area contributed by atoms with Gasteiger partial charge in [0.25, 0.3) is 0 Å². The number of anilines is 1. The van der Waals surface area contributed by atoms with Gasteiger partial charge in [0.1, 0.15) is 12.6 Å². The van der Waals surface area contributed by atoms with Gasteiger partial charge in [0.2, 0.25) is 21.8 Å². The number of benzene rings is 2. The van der Waals surface area contributed by atoms with Crippen LogP contribution in [0.4, 0.5) is 5.69 Å². The lowest BCUT2D eigenvalue weighted by Gasteiger charge is -2.32. The van der Waals surface area contributed by atoms with Crippen molar-refractivity contribution in [3.8, 4) is 0 Å². The fourth-order valence-corrected chi connectivity index (χ4v) is 4.79. The molecule has 0 radical (unpaired) electrons. The molecule has 0 saturated carbocycles. The number of nitrogens with one attached hydrogen (secondary N) is 1. The number of rotatable bonds is 10. The standard InChI is InChI=1S/C27H37Cl2N3O4S/c1-8-18(2)30-26(34)19(3)31(16-20-9-14-23(28)24(29)15-20)25(33)17-32(37(7,35)36)22-12-10-21(11-13-22)27(4,5)6/h9-15,18-19H,8,16-17H2,1-7H3,(H,30,34)/t18-,19-/m1/s1. The molecule has 2 aromatic rings. The summed E-state index contributed by atoms with van der Waals surface area (Å²) in [6.45, 7) is 11.2. The average Bonchev–Trinajstić information content (AvgIpc) is 2.81. The Morgan fingerprint density at radius 3 is 2.08 bits per heavy atom. The van der Waals surface area contributed by atoms with Gasteiger partial charge in [0.15, 0.2) is 0 Å². The highest BCUT2D eigenvalue weighted by Crippen LogP contribution is 2.27. The zero-order valence-corrected chi connectivity index (χ0v) is 24.8. The molecule has 1 N–H and O–H groups in total. The number of amides is 2. The molecule has 0 fully saturated rings. The smallest absolute Gasteiger partial charge is 0.244 e. The van der Waals surface area contributed by atoms with E-state index in [0.717, 1.165) is 22.5 Å². The van der Waals surface area contributed by atoms with Crippen molar-refractivity contribution in [3.05, 3.63) is 63.6 Å². The summed E-state index contributed by atoms with van der Waals surface area (Å²) in [5.74, 6) is -0.855. The summed E-state index contributed by atoms with van der Waals surface area (Å²) in [6.07, 6.45) is 1.78. The molecule has 0 heterocycles. The Hall–Kier alpha value is -2.29. The Balaban J connectivity index is 2.42. The third kappa shape index (κ3) is 8.62. The van der Waals surface area contributed by atoms with Gasteiger partial charge in [0, 0.05) is 12.6 Å². The number of sulfonamides is 1. The van der Waals surface area contributed by atoms with Crippen molar-refractivity contribution in [2.45, 2.75) is 72.0 Å². The van der Waals surface area contributed by atoms with Crippen LogP contribution in [0.1, 0.15) is 59.1 Å². The molecule has 204 valence electrons. The Kier molecular flexibility index (Phi) is 10.5. The van der Waals surface area contributed by atoms with E-state index in [2.05, 4.69) is 26.1 Å². The molecule has 2 aromatic carbocycles. The Morgan fingerprint density at radius 1 is 1.00 bits per heavy atom. The first-order valence-corrected chi connectivity index (χ1v) is 14.8. The van der Waals surface area contributed by atoms with Crippen LogP contribution < -0.4 is 9.62 Å². The molecular formula is C27H37Cl2N3O4S. The maximum absolute atomic E-state index is 13.6. The minimum absolute atomic E-state index is 0.0470. The van der Waals surface area contributed by atoms with Gasteiger partial charge in [-0.3, -0.25) is 13.9 Å². The van der Waals surface area contributed by atoms with E-state index in [9.17, 15) is 18.0 Å². The first kappa shape index (κ1) is 30.9. The van der Waals surface area contributed by atoms with E-state index in [0.29, 0.717) is 21.3 Å². The zero-order valence-electron chi connectivity index (χ0n) is 22.5. The lowest BCUT2D eigenvalue weighted by molar-refractivity contribution is -0.139. The lowest BCUT2D eigenvalue weighted by atomic mass is 9.87. The Labute approximate surface area is 231 Å². The van der Waals surface area contributed by atoms with E-state index in [1.54, 1.807) is 37.3 Å². The molecular weight excluding hydrogens is 533 g/mol. The van der Waals surface area contributed by atoms with Gasteiger partial charge >= 0.3 is 0 Å². The fraction of sp³-hybridized carbons (Fsp3) is 0.481. The molecule has 37 heavy (non-hydrogen) atoms. The maximum Gasteiger partial charge on any atom is 0.244 e. The summed E-state index contributed by atoms with van der Waals surface area (Å²) < 4.78 is 26.5. The van der Waals surface area contributed by atoms with E-state index in [-0.39, 0.29) is 23.9 Å². The van der Waals surface area contributed by atoms with Crippen LogP contribution in [0.3, 0.4) is 0 Å². The highest BCUT2D eigenvalue weighted by molar-refractivity contribution is 7.92. The third-order valence-electron chi connectivity index (χ3n) is 6.21. The SMILES string of the molecule is CC[C@@H](C)NC(=O)[C@@H](C)N(Cc1ccc(Cl)c(Cl)c1)C(=O)CN(c1ccc(C(C)(C)C)cc1)S(C)(=O)=O. The predicted octanol–water partition coefficient (Wildman–Crippen LogP) is 5.39. The topological polar surface area (TPSA) is 86.8 Å². The zero-order chi connectivity index (χ0) is 28.1. The summed E-state index contributed by atoms with van der Waals surface area (Å²) in [6, 6.07) is 11.1. The molecule has 0 bridgehead atoms. The lowest BCUT2D eigenvalue weighted by Crippen LogP contribution is -2.52. The average molecular weight is 571 g/mol. The van der Waals surface area contributed by atoms with E-state index in [4.69, 9.17) is 23.2 Å². The first-order chi connectivity index (χ1) is 17.0. The molecule has 0 aliphatic heterocycles. The Bertz CT molecular complexity index is 1210. The highest BCUT2D eigenvalue weighted by atomic mass is 35.5. The van der Waals surface area contributed by atoms with Gasteiger partial charge in [-0.25, -0.2) is 8.42 Å². The molecule has 0 aromatic heterocycles. The van der Waals surface area contributed by atoms with Crippen molar-refractivity contribution in [2.75, 3.05) is 17.1 Å². The molecule has 10 heteroatoms. The minimum Gasteiger partial charge on any atom is -0.352 e. The van der Waals surface area contributed by atoms with Crippen molar-refractivity contribution >= 4 is 50.7 Å². The number of carbonyl (C=O) groups is 2. The van der Waals surface area contributed by atoms with Gasteiger partial charge in [0.05, 0.1) is 22.0 Å². The van der Waals surface area contributed by atoms with Crippen molar-refractivity contribution in [2.24, 2.45) is 0 Å². The van der Waals surface area contributed by atoms with E-state index < -0.39 is 28.5 Å². The van der Waals surface area contributed by atoms with E-state index in [1.165, 1.54) is 4.90 Å². The largest absolute Gasteiger partial charge is 0.352 e. The molecule has 0 saturated heterocycles.